The summed E-state index contributed by atoms with van der Waals surface area (Å²) in [6.07, 6.45) is 0. The Bertz CT molecular complexity index is 715. The highest BCUT2D eigenvalue weighted by molar-refractivity contribution is 7.80. The van der Waals surface area contributed by atoms with Gasteiger partial charge < -0.3 is 20.3 Å². The summed E-state index contributed by atoms with van der Waals surface area (Å²) in [6.45, 7) is 5.35. The summed E-state index contributed by atoms with van der Waals surface area (Å²) < 4.78 is 5.21. The number of benzene rings is 1. The zero-order valence-electron chi connectivity index (χ0n) is 14.2. The van der Waals surface area contributed by atoms with Crippen LogP contribution < -0.4 is 10.6 Å². The van der Waals surface area contributed by atoms with Gasteiger partial charge in [-0.05, 0) is 43.8 Å². The molecule has 0 saturated carbocycles. The lowest BCUT2D eigenvalue weighted by molar-refractivity contribution is -0.139. The van der Waals surface area contributed by atoms with Gasteiger partial charge in [0.15, 0.2) is 5.11 Å². The van der Waals surface area contributed by atoms with E-state index in [1.807, 2.05) is 25.1 Å². The van der Waals surface area contributed by atoms with Crippen molar-refractivity contribution in [2.45, 2.75) is 26.8 Å². The minimum Gasteiger partial charge on any atom is -0.463 e. The van der Waals surface area contributed by atoms with Gasteiger partial charge in [0.25, 0.3) is 0 Å². The quantitative estimate of drug-likeness (QED) is 0.644. The smallest absolute Gasteiger partial charge is 0.338 e. The number of nitrogens with zero attached hydrogens (tertiary/aromatic N) is 1. The number of nitrogens with one attached hydrogen (secondary N) is 2. The van der Waals surface area contributed by atoms with Crippen LogP contribution in [-0.2, 0) is 14.3 Å². The molecule has 0 spiro atoms. The molecule has 0 aliphatic carbocycles. The van der Waals surface area contributed by atoms with Crippen LogP contribution in [0.5, 0.6) is 0 Å². The molecule has 1 atom stereocenters. The van der Waals surface area contributed by atoms with Crippen LogP contribution >= 0.6 is 12.2 Å². The second kappa shape index (κ2) is 7.44. The summed E-state index contributed by atoms with van der Waals surface area (Å²) in [5.41, 5.74) is 2.73. The molecule has 0 fully saturated rings. The fourth-order valence-corrected chi connectivity index (χ4v) is 2.81. The number of hydrogen-bond donors (Lipinski definition) is 2. The number of anilines is 1. The van der Waals surface area contributed by atoms with E-state index in [9.17, 15) is 9.59 Å². The van der Waals surface area contributed by atoms with Crippen LogP contribution in [0.15, 0.2) is 35.5 Å². The molecular weight excluding hydrogens is 326 g/mol. The first-order valence-corrected chi connectivity index (χ1v) is 8.05. The third kappa shape index (κ3) is 3.73. The van der Waals surface area contributed by atoms with E-state index in [1.165, 1.54) is 6.92 Å². The lowest BCUT2D eigenvalue weighted by Crippen LogP contribution is -2.46. The second-order valence-corrected chi connectivity index (χ2v) is 5.85. The summed E-state index contributed by atoms with van der Waals surface area (Å²) in [6, 6.07) is 6.88. The van der Waals surface area contributed by atoms with Crippen molar-refractivity contribution in [1.29, 1.82) is 0 Å². The summed E-state index contributed by atoms with van der Waals surface area (Å²) in [7, 11) is 1.80. The molecule has 2 rings (SSSR count). The predicted octanol–water partition coefficient (Wildman–Crippen LogP) is 2.34. The minimum atomic E-state index is -0.429. The van der Waals surface area contributed by atoms with E-state index >= 15 is 0 Å². The number of carbonyl (C=O) groups excluding carboxylic acids is 2. The third-order valence-electron chi connectivity index (χ3n) is 3.79. The lowest BCUT2D eigenvalue weighted by atomic mass is 9.95. The van der Waals surface area contributed by atoms with Gasteiger partial charge in [-0.2, -0.15) is 0 Å². The van der Waals surface area contributed by atoms with Crippen molar-refractivity contribution in [1.82, 2.24) is 10.2 Å². The van der Waals surface area contributed by atoms with E-state index < -0.39 is 6.04 Å². The number of hydrogen-bond acceptors (Lipinski definition) is 4. The summed E-state index contributed by atoms with van der Waals surface area (Å²) in [5, 5.41) is 6.43. The molecule has 1 aromatic carbocycles. The van der Waals surface area contributed by atoms with Crippen molar-refractivity contribution in [3.05, 3.63) is 41.1 Å². The van der Waals surface area contributed by atoms with E-state index in [0.717, 1.165) is 11.3 Å². The molecule has 7 heteroatoms. The van der Waals surface area contributed by atoms with Crippen LogP contribution in [0.2, 0.25) is 0 Å². The molecule has 0 saturated heterocycles. The van der Waals surface area contributed by atoms with E-state index in [-0.39, 0.29) is 11.9 Å². The average Bonchev–Trinajstić information content (AvgIpc) is 2.52. The molecule has 1 aliphatic rings. The van der Waals surface area contributed by atoms with Crippen molar-refractivity contribution in [3.8, 4) is 0 Å². The molecule has 0 bridgehead atoms. The fraction of sp³-hybridized carbons (Fsp3) is 0.353. The number of thiocarbonyl (C=S) groups is 1. The maximum absolute atomic E-state index is 12.4. The molecule has 1 aliphatic heterocycles. The third-order valence-corrected chi connectivity index (χ3v) is 4.18. The Kier molecular flexibility index (Phi) is 5.56. The molecule has 0 aromatic heterocycles. The highest BCUT2D eigenvalue weighted by Gasteiger charge is 2.33. The highest BCUT2D eigenvalue weighted by atomic mass is 32.1. The zero-order chi connectivity index (χ0) is 17.9. The van der Waals surface area contributed by atoms with Crippen LogP contribution in [-0.4, -0.2) is 35.5 Å². The molecular formula is C17H21N3O3S. The number of rotatable bonds is 4. The van der Waals surface area contributed by atoms with Gasteiger partial charge in [0.05, 0.1) is 18.2 Å². The number of carbonyl (C=O) groups is 2. The van der Waals surface area contributed by atoms with Crippen LogP contribution in [0.1, 0.15) is 32.4 Å². The standard InChI is InChI=1S/C17H21N3O3S/c1-5-23-16(22)14-10(2)20(4)17(24)19-15(14)12-7-6-8-13(9-12)18-11(3)21/h6-9,15H,5H2,1-4H3,(H,18,21)(H,19,24). The van der Waals surface area contributed by atoms with Gasteiger partial charge in [0.1, 0.15) is 0 Å². The maximum atomic E-state index is 12.4. The minimum absolute atomic E-state index is 0.156. The molecule has 1 unspecified atom stereocenters. The lowest BCUT2D eigenvalue weighted by Gasteiger charge is -2.35. The highest BCUT2D eigenvalue weighted by Crippen LogP contribution is 2.31. The van der Waals surface area contributed by atoms with E-state index in [4.69, 9.17) is 17.0 Å². The summed E-state index contributed by atoms with van der Waals surface area (Å²) in [4.78, 5) is 25.5. The molecule has 1 aromatic rings. The Morgan fingerprint density at radius 2 is 2.12 bits per heavy atom. The number of ether oxygens (including phenoxy) is 1. The van der Waals surface area contributed by atoms with E-state index in [0.29, 0.717) is 23.0 Å². The van der Waals surface area contributed by atoms with Crippen LogP contribution in [0.4, 0.5) is 5.69 Å². The maximum Gasteiger partial charge on any atom is 0.338 e. The first kappa shape index (κ1) is 17.9. The Morgan fingerprint density at radius 3 is 2.75 bits per heavy atom. The molecule has 2 N–H and O–H groups in total. The SMILES string of the molecule is CCOC(=O)C1=C(C)N(C)C(=S)NC1c1cccc(NC(C)=O)c1. The van der Waals surface area contributed by atoms with Crippen molar-refractivity contribution in [2.75, 3.05) is 19.0 Å². The predicted molar refractivity (Wildman–Crippen MR) is 96.3 cm³/mol. The topological polar surface area (TPSA) is 70.7 Å². The van der Waals surface area contributed by atoms with Gasteiger partial charge in [-0.15, -0.1) is 0 Å². The van der Waals surface area contributed by atoms with Crippen LogP contribution in [0, 0.1) is 0 Å². The van der Waals surface area contributed by atoms with Crippen molar-refractivity contribution in [2.24, 2.45) is 0 Å². The normalized spacial score (nSPS) is 17.4. The van der Waals surface area contributed by atoms with Crippen molar-refractivity contribution in [3.63, 3.8) is 0 Å². The number of esters is 1. The Morgan fingerprint density at radius 1 is 1.42 bits per heavy atom. The van der Waals surface area contributed by atoms with Crippen molar-refractivity contribution < 1.29 is 14.3 Å². The number of amides is 1. The van der Waals surface area contributed by atoms with Gasteiger partial charge in [0.2, 0.25) is 5.91 Å². The molecule has 0 radical (unpaired) electrons. The largest absolute Gasteiger partial charge is 0.463 e. The zero-order valence-corrected chi connectivity index (χ0v) is 15.0. The van der Waals surface area contributed by atoms with Gasteiger partial charge in [0, 0.05) is 25.4 Å². The summed E-state index contributed by atoms with van der Waals surface area (Å²) >= 11 is 5.35. The molecule has 128 valence electrons. The van der Waals surface area contributed by atoms with Crippen LogP contribution in [0.25, 0.3) is 0 Å². The Balaban J connectivity index is 2.47. The van der Waals surface area contributed by atoms with Crippen molar-refractivity contribution >= 4 is 34.9 Å². The van der Waals surface area contributed by atoms with E-state index in [2.05, 4.69) is 10.6 Å². The second-order valence-electron chi connectivity index (χ2n) is 5.47. The van der Waals surface area contributed by atoms with Crippen LogP contribution in [0.3, 0.4) is 0 Å². The first-order chi connectivity index (χ1) is 11.3. The van der Waals surface area contributed by atoms with Gasteiger partial charge in [-0.25, -0.2) is 4.79 Å². The molecule has 1 heterocycles. The first-order valence-electron chi connectivity index (χ1n) is 7.64. The number of allylic oxidation sites excluding steroid dienone is 1. The Labute approximate surface area is 146 Å². The van der Waals surface area contributed by atoms with Gasteiger partial charge in [-0.1, -0.05) is 12.1 Å². The average molecular weight is 347 g/mol. The van der Waals surface area contributed by atoms with Gasteiger partial charge in [-0.3, -0.25) is 4.79 Å². The molecule has 1 amide bonds. The fourth-order valence-electron chi connectivity index (χ4n) is 2.56. The van der Waals surface area contributed by atoms with Gasteiger partial charge >= 0.3 is 5.97 Å². The van der Waals surface area contributed by atoms with E-state index in [1.54, 1.807) is 24.9 Å². The molecule has 24 heavy (non-hydrogen) atoms. The summed E-state index contributed by atoms with van der Waals surface area (Å²) in [5.74, 6) is -0.539. The molecule has 6 nitrogen and oxygen atoms in total. The Hall–Kier alpha value is -2.41. The monoisotopic (exact) mass is 347 g/mol.